The minimum absolute atomic E-state index is 0.277. The second-order valence-electron chi connectivity index (χ2n) is 4.91. The maximum atomic E-state index is 12.1. The Hall–Kier alpha value is -2.45. The van der Waals surface area contributed by atoms with Crippen molar-refractivity contribution < 1.29 is 24.0 Å². The average Bonchev–Trinajstić information content (AvgIpc) is 3.03. The minimum Gasteiger partial charge on any atom is -0.341 e. The van der Waals surface area contributed by atoms with Gasteiger partial charge in [0.15, 0.2) is 0 Å². The fourth-order valence-corrected chi connectivity index (χ4v) is 2.52. The third kappa shape index (κ3) is 2.86. The Morgan fingerprint density at radius 2 is 1.76 bits per heavy atom. The van der Waals surface area contributed by atoms with E-state index in [1.165, 1.54) is 7.05 Å². The van der Waals surface area contributed by atoms with Crippen LogP contribution in [0.4, 0.5) is 9.59 Å². The van der Waals surface area contributed by atoms with Crippen LogP contribution in [0.25, 0.3) is 0 Å². The van der Waals surface area contributed by atoms with Gasteiger partial charge in [0.1, 0.15) is 6.54 Å². The lowest BCUT2D eigenvalue weighted by Crippen LogP contribution is -2.46. The molecule has 0 atom stereocenters. The van der Waals surface area contributed by atoms with Crippen molar-refractivity contribution in [3.05, 3.63) is 0 Å². The molecule has 1 saturated carbocycles. The van der Waals surface area contributed by atoms with Crippen LogP contribution in [-0.4, -0.2) is 59.2 Å². The van der Waals surface area contributed by atoms with E-state index in [2.05, 4.69) is 5.32 Å². The van der Waals surface area contributed by atoms with Gasteiger partial charge in [-0.3, -0.25) is 24.6 Å². The predicted octanol–water partition coefficient (Wildman–Crippen LogP) is -0.825. The summed E-state index contributed by atoms with van der Waals surface area (Å²) in [5, 5.41) is 4.10. The molecule has 0 aromatic heterocycles. The molecule has 2 rings (SSSR count). The van der Waals surface area contributed by atoms with Gasteiger partial charge in [-0.25, -0.2) is 14.5 Å². The maximum Gasteiger partial charge on any atom is 0.334 e. The first-order valence-electron chi connectivity index (χ1n) is 6.66. The first-order valence-corrected chi connectivity index (χ1v) is 6.66. The zero-order chi connectivity index (χ0) is 15.6. The van der Waals surface area contributed by atoms with Gasteiger partial charge in [0.2, 0.25) is 5.91 Å². The largest absolute Gasteiger partial charge is 0.341 e. The average molecular weight is 296 g/mol. The number of urea groups is 2. The molecule has 1 saturated heterocycles. The Morgan fingerprint density at radius 3 is 2.33 bits per heavy atom. The summed E-state index contributed by atoms with van der Waals surface area (Å²) in [6.07, 6.45) is 3.13. The minimum atomic E-state index is -1.03. The summed E-state index contributed by atoms with van der Waals surface area (Å²) in [7, 11) is 1.32. The molecule has 0 radical (unpaired) electrons. The summed E-state index contributed by atoms with van der Waals surface area (Å²) in [5.74, 6) is -2.77. The molecule has 2 fully saturated rings. The number of imide groups is 3. The van der Waals surface area contributed by atoms with Gasteiger partial charge in [-0.05, 0) is 12.8 Å². The highest BCUT2D eigenvalue weighted by atomic mass is 16.2. The first-order chi connectivity index (χ1) is 9.95. The number of nitrogens with zero attached hydrogens (tertiary/aromatic N) is 2. The molecule has 1 aliphatic carbocycles. The van der Waals surface area contributed by atoms with E-state index in [9.17, 15) is 24.0 Å². The molecule has 0 bridgehead atoms. The number of carbonyl (C=O) groups excluding carboxylic acids is 5. The molecule has 9 nitrogen and oxygen atoms in total. The van der Waals surface area contributed by atoms with Gasteiger partial charge in [0, 0.05) is 13.1 Å². The van der Waals surface area contributed by atoms with Gasteiger partial charge in [-0.2, -0.15) is 0 Å². The van der Waals surface area contributed by atoms with Crippen LogP contribution in [0.2, 0.25) is 0 Å². The summed E-state index contributed by atoms with van der Waals surface area (Å²) in [6, 6.07) is -1.82. The number of carbonyl (C=O) groups is 5. The van der Waals surface area contributed by atoms with Gasteiger partial charge >= 0.3 is 23.9 Å². The second kappa shape index (κ2) is 5.90. The molecule has 114 valence electrons. The van der Waals surface area contributed by atoms with E-state index in [4.69, 9.17) is 0 Å². The van der Waals surface area contributed by atoms with E-state index in [0.29, 0.717) is 17.7 Å². The Balaban J connectivity index is 2.05. The lowest BCUT2D eigenvalue weighted by molar-refractivity contribution is -0.144. The Labute approximate surface area is 120 Å². The molecular formula is C12H16N4O5. The van der Waals surface area contributed by atoms with Crippen molar-refractivity contribution in [3.63, 3.8) is 0 Å². The van der Waals surface area contributed by atoms with Crippen LogP contribution < -0.4 is 10.6 Å². The van der Waals surface area contributed by atoms with E-state index in [0.717, 1.165) is 17.7 Å². The fourth-order valence-electron chi connectivity index (χ4n) is 2.52. The summed E-state index contributed by atoms with van der Waals surface area (Å²) in [6.45, 7) is -0.653. The van der Waals surface area contributed by atoms with E-state index < -0.39 is 36.3 Å². The van der Waals surface area contributed by atoms with Crippen molar-refractivity contribution in [1.82, 2.24) is 20.4 Å². The van der Waals surface area contributed by atoms with Crippen LogP contribution in [0.1, 0.15) is 25.7 Å². The maximum absolute atomic E-state index is 12.1. The van der Waals surface area contributed by atoms with E-state index in [-0.39, 0.29) is 6.04 Å². The van der Waals surface area contributed by atoms with Crippen LogP contribution in [0, 0.1) is 0 Å². The van der Waals surface area contributed by atoms with Crippen LogP contribution in [0.15, 0.2) is 0 Å². The highest BCUT2D eigenvalue weighted by molar-refractivity contribution is 6.45. The van der Waals surface area contributed by atoms with E-state index in [1.807, 2.05) is 5.32 Å². The second-order valence-corrected chi connectivity index (χ2v) is 4.91. The zero-order valence-electron chi connectivity index (χ0n) is 11.5. The number of nitrogens with one attached hydrogen (secondary N) is 2. The van der Waals surface area contributed by atoms with Crippen LogP contribution >= 0.6 is 0 Å². The summed E-state index contributed by atoms with van der Waals surface area (Å²) in [4.78, 5) is 59.9. The van der Waals surface area contributed by atoms with Crippen molar-refractivity contribution in [3.8, 4) is 0 Å². The third-order valence-electron chi connectivity index (χ3n) is 3.56. The van der Waals surface area contributed by atoms with Gasteiger partial charge in [-0.15, -0.1) is 0 Å². The number of rotatable bonds is 3. The topological polar surface area (TPSA) is 116 Å². The monoisotopic (exact) mass is 296 g/mol. The molecule has 0 spiro atoms. The Kier molecular flexibility index (Phi) is 4.20. The highest BCUT2D eigenvalue weighted by Gasteiger charge is 2.48. The SMILES string of the molecule is CNC(=O)NC(=O)CN1C(=O)C(=O)N(C2CCCC2)C1=O. The van der Waals surface area contributed by atoms with Gasteiger partial charge in [-0.1, -0.05) is 12.8 Å². The molecular weight excluding hydrogens is 280 g/mol. The predicted molar refractivity (Wildman–Crippen MR) is 68.8 cm³/mol. The third-order valence-corrected chi connectivity index (χ3v) is 3.56. The van der Waals surface area contributed by atoms with Crippen molar-refractivity contribution in [2.45, 2.75) is 31.7 Å². The van der Waals surface area contributed by atoms with Crippen LogP contribution in [-0.2, 0) is 14.4 Å². The van der Waals surface area contributed by atoms with Gasteiger partial charge < -0.3 is 5.32 Å². The van der Waals surface area contributed by atoms with Gasteiger partial charge in [0.25, 0.3) is 0 Å². The van der Waals surface area contributed by atoms with Crippen molar-refractivity contribution in [1.29, 1.82) is 0 Å². The highest BCUT2D eigenvalue weighted by Crippen LogP contribution is 2.27. The summed E-state index contributed by atoms with van der Waals surface area (Å²) >= 11 is 0. The molecule has 21 heavy (non-hydrogen) atoms. The normalized spacial score (nSPS) is 19.4. The molecule has 0 unspecified atom stereocenters. The van der Waals surface area contributed by atoms with Crippen molar-refractivity contribution in [2.24, 2.45) is 0 Å². The number of hydrogen-bond acceptors (Lipinski definition) is 5. The first kappa shape index (κ1) is 14.9. The standard InChI is InChI=1S/C12H16N4O5/c1-13-11(20)14-8(17)6-15-9(18)10(19)16(12(15)21)7-4-2-3-5-7/h7H,2-6H2,1H3,(H2,13,14,17,20). The van der Waals surface area contributed by atoms with Crippen LogP contribution in [0.3, 0.4) is 0 Å². The molecule has 0 aromatic rings. The molecule has 1 heterocycles. The Bertz CT molecular complexity index is 512. The fraction of sp³-hybridized carbons (Fsp3) is 0.583. The molecule has 0 aromatic carbocycles. The Morgan fingerprint density at radius 1 is 1.14 bits per heavy atom. The molecule has 1 aliphatic heterocycles. The number of hydrogen-bond donors (Lipinski definition) is 2. The van der Waals surface area contributed by atoms with Gasteiger partial charge in [0.05, 0.1) is 0 Å². The summed E-state index contributed by atoms with van der Waals surface area (Å²) < 4.78 is 0. The molecule has 9 heteroatoms. The number of amides is 7. The van der Waals surface area contributed by atoms with E-state index >= 15 is 0 Å². The zero-order valence-corrected chi connectivity index (χ0v) is 11.5. The van der Waals surface area contributed by atoms with E-state index in [1.54, 1.807) is 0 Å². The molecule has 2 N–H and O–H groups in total. The molecule has 7 amide bonds. The lowest BCUT2D eigenvalue weighted by Gasteiger charge is -2.20. The molecule has 2 aliphatic rings. The van der Waals surface area contributed by atoms with Crippen molar-refractivity contribution in [2.75, 3.05) is 13.6 Å². The lowest BCUT2D eigenvalue weighted by atomic mass is 10.2. The summed E-state index contributed by atoms with van der Waals surface area (Å²) in [5.41, 5.74) is 0. The quantitative estimate of drug-likeness (QED) is 0.521. The van der Waals surface area contributed by atoms with Crippen molar-refractivity contribution >= 4 is 29.8 Å². The van der Waals surface area contributed by atoms with Crippen LogP contribution in [0.5, 0.6) is 0 Å². The smallest absolute Gasteiger partial charge is 0.334 e.